The second-order valence-corrected chi connectivity index (χ2v) is 8.09. The fourth-order valence-corrected chi connectivity index (χ4v) is 4.67. The summed E-state index contributed by atoms with van der Waals surface area (Å²) >= 11 is 0. The van der Waals surface area contributed by atoms with E-state index in [0.29, 0.717) is 19.4 Å². The van der Waals surface area contributed by atoms with E-state index in [1.54, 1.807) is 12.1 Å². The molecule has 0 saturated carbocycles. The molecule has 1 aromatic rings. The summed E-state index contributed by atoms with van der Waals surface area (Å²) in [4.78, 5) is 14.0. The van der Waals surface area contributed by atoms with Crippen molar-refractivity contribution in [3.8, 4) is 0 Å². The van der Waals surface area contributed by atoms with Gasteiger partial charge in [-0.3, -0.25) is 4.79 Å². The molecule has 2 atom stereocenters. The van der Waals surface area contributed by atoms with Crippen LogP contribution in [0, 0.1) is 5.82 Å². The second-order valence-electron chi connectivity index (χ2n) is 6.01. The first-order valence-electron chi connectivity index (χ1n) is 7.57. The molecule has 2 fully saturated rings. The molecule has 0 aliphatic carbocycles. The number of halogens is 1. The Balaban J connectivity index is 1.76. The molecule has 3 rings (SSSR count). The highest BCUT2D eigenvalue weighted by molar-refractivity contribution is 7.89. The van der Waals surface area contributed by atoms with Crippen molar-refractivity contribution in [1.29, 1.82) is 0 Å². The Labute approximate surface area is 134 Å². The molecular weight excluding hydrogens is 323 g/mol. The maximum Gasteiger partial charge on any atom is 0.238 e. The van der Waals surface area contributed by atoms with Crippen LogP contribution in [-0.4, -0.2) is 60.1 Å². The van der Waals surface area contributed by atoms with Gasteiger partial charge in [0.1, 0.15) is 5.82 Å². The first-order chi connectivity index (χ1) is 10.9. The second kappa shape index (κ2) is 6.18. The minimum Gasteiger partial charge on any atom is -0.391 e. The van der Waals surface area contributed by atoms with Gasteiger partial charge in [0.05, 0.1) is 24.4 Å². The molecule has 126 valence electrons. The molecular formula is C15H19FN2O4S. The van der Waals surface area contributed by atoms with Gasteiger partial charge in [0, 0.05) is 13.1 Å². The van der Waals surface area contributed by atoms with E-state index in [4.69, 9.17) is 0 Å². The van der Waals surface area contributed by atoms with Gasteiger partial charge in [-0.1, -0.05) is 12.1 Å². The van der Waals surface area contributed by atoms with Crippen LogP contribution in [0.25, 0.3) is 0 Å². The monoisotopic (exact) mass is 342 g/mol. The van der Waals surface area contributed by atoms with E-state index in [1.165, 1.54) is 21.3 Å². The third-order valence-corrected chi connectivity index (χ3v) is 6.27. The Kier molecular flexibility index (Phi) is 4.39. The lowest BCUT2D eigenvalue weighted by Crippen LogP contribution is -2.41. The Hall–Kier alpha value is -1.51. The molecule has 0 bridgehead atoms. The number of benzene rings is 1. The molecule has 8 heteroatoms. The number of hydrogen-bond acceptors (Lipinski definition) is 4. The largest absolute Gasteiger partial charge is 0.391 e. The molecule has 23 heavy (non-hydrogen) atoms. The van der Waals surface area contributed by atoms with Gasteiger partial charge in [-0.2, -0.15) is 4.31 Å². The van der Waals surface area contributed by atoms with Crippen molar-refractivity contribution in [3.63, 3.8) is 0 Å². The summed E-state index contributed by atoms with van der Waals surface area (Å²) < 4.78 is 37.9. The Morgan fingerprint density at radius 2 is 2.00 bits per heavy atom. The van der Waals surface area contributed by atoms with Gasteiger partial charge in [0.15, 0.2) is 0 Å². The Morgan fingerprint density at radius 1 is 1.30 bits per heavy atom. The van der Waals surface area contributed by atoms with Crippen LogP contribution < -0.4 is 0 Å². The number of rotatable bonds is 3. The smallest absolute Gasteiger partial charge is 0.238 e. The van der Waals surface area contributed by atoms with Crippen molar-refractivity contribution in [3.05, 3.63) is 35.6 Å². The molecule has 2 aliphatic heterocycles. The highest BCUT2D eigenvalue weighted by Gasteiger charge is 2.38. The quantitative estimate of drug-likeness (QED) is 0.867. The summed E-state index contributed by atoms with van der Waals surface area (Å²) in [5.74, 6) is -0.626. The number of sulfonamides is 1. The molecule has 0 radical (unpaired) electrons. The zero-order chi connectivity index (χ0) is 16.6. The van der Waals surface area contributed by atoms with Crippen LogP contribution >= 0.6 is 0 Å². The normalized spacial score (nSPS) is 27.5. The van der Waals surface area contributed by atoms with Crippen LogP contribution in [0.2, 0.25) is 0 Å². The zero-order valence-corrected chi connectivity index (χ0v) is 13.4. The van der Waals surface area contributed by atoms with Crippen LogP contribution in [0.4, 0.5) is 4.39 Å². The first kappa shape index (κ1) is 16.4. The molecule has 6 nitrogen and oxygen atoms in total. The topological polar surface area (TPSA) is 77.9 Å². The van der Waals surface area contributed by atoms with E-state index in [1.807, 2.05) is 0 Å². The standard InChI is InChI=1S/C15H19FN2O4S/c16-12-4-2-11(3-5-12)14-8-13(19)9-18(14)15(20)10-17-6-1-7-23(17,21)22/h2-5,13-14,19H,1,6-10H2. The van der Waals surface area contributed by atoms with Crippen LogP contribution in [-0.2, 0) is 14.8 Å². The van der Waals surface area contributed by atoms with E-state index in [2.05, 4.69) is 0 Å². The number of aliphatic hydroxyl groups excluding tert-OH is 1. The first-order valence-corrected chi connectivity index (χ1v) is 9.18. The average Bonchev–Trinajstić information content (AvgIpc) is 3.03. The maximum atomic E-state index is 13.1. The number of nitrogens with zero attached hydrogens (tertiary/aromatic N) is 2. The minimum atomic E-state index is -3.34. The highest BCUT2D eigenvalue weighted by Crippen LogP contribution is 2.32. The molecule has 1 N–H and O–H groups in total. The van der Waals surface area contributed by atoms with Crippen molar-refractivity contribution in [2.75, 3.05) is 25.4 Å². The number of carbonyl (C=O) groups excluding carboxylic acids is 1. The molecule has 2 aliphatic rings. The third-order valence-electron chi connectivity index (χ3n) is 4.37. The predicted molar refractivity (Wildman–Crippen MR) is 81.5 cm³/mol. The lowest BCUT2D eigenvalue weighted by molar-refractivity contribution is -0.132. The average molecular weight is 342 g/mol. The van der Waals surface area contributed by atoms with Crippen LogP contribution in [0.3, 0.4) is 0 Å². The summed E-state index contributed by atoms with van der Waals surface area (Å²) in [6.07, 6.45) is 0.230. The van der Waals surface area contributed by atoms with E-state index in [0.717, 1.165) is 5.56 Å². The number of hydrogen-bond donors (Lipinski definition) is 1. The van der Waals surface area contributed by atoms with Crippen LogP contribution in [0.15, 0.2) is 24.3 Å². The van der Waals surface area contributed by atoms with E-state index in [9.17, 15) is 22.7 Å². The van der Waals surface area contributed by atoms with Gasteiger partial charge in [0.25, 0.3) is 0 Å². The fraction of sp³-hybridized carbons (Fsp3) is 0.533. The molecule has 1 amide bonds. The number of β-amino-alcohol motifs (C(OH)–C–C–N with tert-alkyl or cyclic N) is 1. The van der Waals surface area contributed by atoms with Gasteiger partial charge in [-0.15, -0.1) is 0 Å². The van der Waals surface area contributed by atoms with Gasteiger partial charge in [-0.25, -0.2) is 12.8 Å². The molecule has 1 aromatic carbocycles. The summed E-state index contributed by atoms with van der Waals surface area (Å²) in [5, 5.41) is 9.90. The fourth-order valence-electron chi connectivity index (χ4n) is 3.20. The van der Waals surface area contributed by atoms with Gasteiger partial charge in [-0.05, 0) is 30.5 Å². The van der Waals surface area contributed by atoms with E-state index >= 15 is 0 Å². The third kappa shape index (κ3) is 3.39. The summed E-state index contributed by atoms with van der Waals surface area (Å²) in [6, 6.07) is 5.44. The Morgan fingerprint density at radius 3 is 2.61 bits per heavy atom. The molecule has 2 heterocycles. The van der Waals surface area contributed by atoms with E-state index in [-0.39, 0.29) is 36.6 Å². The molecule has 2 unspecified atom stereocenters. The number of likely N-dealkylation sites (tertiary alicyclic amines) is 1. The molecule has 2 saturated heterocycles. The van der Waals surface area contributed by atoms with Crippen LogP contribution in [0.5, 0.6) is 0 Å². The molecule has 0 aromatic heterocycles. The predicted octanol–water partition coefficient (Wildman–Crippen LogP) is 0.496. The summed E-state index contributed by atoms with van der Waals surface area (Å²) in [6.45, 7) is 0.313. The lowest BCUT2D eigenvalue weighted by atomic mass is 10.0. The van der Waals surface area contributed by atoms with Gasteiger partial charge < -0.3 is 10.0 Å². The Bertz CT molecular complexity index is 692. The van der Waals surface area contributed by atoms with Crippen molar-refractivity contribution in [2.24, 2.45) is 0 Å². The van der Waals surface area contributed by atoms with Gasteiger partial charge >= 0.3 is 0 Å². The zero-order valence-electron chi connectivity index (χ0n) is 12.6. The van der Waals surface area contributed by atoms with Crippen molar-refractivity contribution < 1.29 is 22.7 Å². The summed E-state index contributed by atoms with van der Waals surface area (Å²) in [7, 11) is -3.34. The highest BCUT2D eigenvalue weighted by atomic mass is 32.2. The van der Waals surface area contributed by atoms with Crippen molar-refractivity contribution in [2.45, 2.75) is 25.0 Å². The maximum absolute atomic E-state index is 13.1. The van der Waals surface area contributed by atoms with Crippen molar-refractivity contribution >= 4 is 15.9 Å². The van der Waals surface area contributed by atoms with Crippen molar-refractivity contribution in [1.82, 2.24) is 9.21 Å². The van der Waals surface area contributed by atoms with E-state index < -0.39 is 16.1 Å². The molecule has 0 spiro atoms. The SMILES string of the molecule is O=C(CN1CCCS1(=O)=O)N1CC(O)CC1c1ccc(F)cc1. The number of amides is 1. The van der Waals surface area contributed by atoms with Crippen LogP contribution in [0.1, 0.15) is 24.4 Å². The minimum absolute atomic E-state index is 0.0737. The number of carbonyl (C=O) groups is 1. The number of aliphatic hydroxyl groups is 1. The lowest BCUT2D eigenvalue weighted by Gasteiger charge is -2.26. The van der Waals surface area contributed by atoms with Gasteiger partial charge in [0.2, 0.25) is 15.9 Å². The summed E-state index contributed by atoms with van der Waals surface area (Å²) in [5.41, 5.74) is 0.737.